The highest BCUT2D eigenvalue weighted by Gasteiger charge is 2.34. The van der Waals surface area contributed by atoms with E-state index in [-0.39, 0.29) is 18.1 Å². The normalized spacial score (nSPS) is 15.1. The first-order valence-corrected chi connectivity index (χ1v) is 12.0. The summed E-state index contributed by atoms with van der Waals surface area (Å²) in [6, 6.07) is 14.4. The van der Waals surface area contributed by atoms with Crippen molar-refractivity contribution in [1.29, 1.82) is 5.26 Å². The molecule has 0 spiro atoms. The van der Waals surface area contributed by atoms with E-state index in [1.807, 2.05) is 24.3 Å². The average Bonchev–Trinajstić information content (AvgIpc) is 2.82. The van der Waals surface area contributed by atoms with Crippen LogP contribution in [0.5, 0.6) is 5.75 Å². The molecule has 0 unspecified atom stereocenters. The van der Waals surface area contributed by atoms with Gasteiger partial charge in [0.25, 0.3) is 11.8 Å². The topological polar surface area (TPSA) is 70.4 Å². The Morgan fingerprint density at radius 3 is 2.41 bits per heavy atom. The van der Waals surface area contributed by atoms with E-state index in [1.54, 1.807) is 37.3 Å². The maximum atomic E-state index is 13.1. The van der Waals surface area contributed by atoms with Gasteiger partial charge in [0.1, 0.15) is 24.0 Å². The molecule has 2 amide bonds. The standard InChI is InChI=1S/C27H26Cl2N2O3/c1-3-4-5-6-13-31-26(32)23(18(2)24(16-30)27(31)33)14-19-7-11-22(12-8-19)34-17-20-9-10-21(28)15-25(20)29/h7-12,14-15H,3-6,13,17H2,1-2H3/b23-14+. The molecule has 176 valence electrons. The van der Waals surface area contributed by atoms with Gasteiger partial charge in [-0.15, -0.1) is 0 Å². The van der Waals surface area contributed by atoms with Gasteiger partial charge in [-0.3, -0.25) is 14.5 Å². The molecular formula is C27H26Cl2N2O3. The van der Waals surface area contributed by atoms with Crippen LogP contribution in [0, 0.1) is 11.3 Å². The minimum absolute atomic E-state index is 0.0149. The number of carbonyl (C=O) groups is 2. The Balaban J connectivity index is 1.77. The molecule has 0 aliphatic carbocycles. The molecule has 1 aliphatic rings. The second-order valence-corrected chi connectivity index (χ2v) is 8.93. The van der Waals surface area contributed by atoms with Gasteiger partial charge in [-0.1, -0.05) is 67.6 Å². The zero-order chi connectivity index (χ0) is 24.7. The van der Waals surface area contributed by atoms with Gasteiger partial charge in [-0.05, 0) is 54.8 Å². The Labute approximate surface area is 210 Å². The van der Waals surface area contributed by atoms with E-state index in [4.69, 9.17) is 27.9 Å². The molecular weight excluding hydrogens is 471 g/mol. The van der Waals surface area contributed by atoms with Gasteiger partial charge in [0, 0.05) is 27.7 Å². The number of rotatable bonds is 9. The van der Waals surface area contributed by atoms with Crippen LogP contribution in [-0.4, -0.2) is 23.3 Å². The highest BCUT2D eigenvalue weighted by molar-refractivity contribution is 6.35. The minimum Gasteiger partial charge on any atom is -0.489 e. The van der Waals surface area contributed by atoms with Gasteiger partial charge in [-0.25, -0.2) is 0 Å². The Hall–Kier alpha value is -3.07. The fraction of sp³-hybridized carbons (Fsp3) is 0.296. The number of imide groups is 1. The number of hydrogen-bond donors (Lipinski definition) is 0. The smallest absolute Gasteiger partial charge is 0.271 e. The number of benzene rings is 2. The molecule has 0 radical (unpaired) electrons. The van der Waals surface area contributed by atoms with Crippen molar-refractivity contribution in [1.82, 2.24) is 4.90 Å². The molecule has 3 rings (SSSR count). The Bertz CT molecular complexity index is 1180. The number of hydrogen-bond acceptors (Lipinski definition) is 4. The van der Waals surface area contributed by atoms with Crippen LogP contribution >= 0.6 is 23.2 Å². The zero-order valence-electron chi connectivity index (χ0n) is 19.2. The molecule has 34 heavy (non-hydrogen) atoms. The van der Waals surface area contributed by atoms with Crippen molar-refractivity contribution in [3.63, 3.8) is 0 Å². The van der Waals surface area contributed by atoms with Crippen LogP contribution in [0.15, 0.2) is 59.2 Å². The number of amides is 2. The SMILES string of the molecule is CCCCCCN1C(=O)C(C#N)=C(C)/C(=C\c2ccc(OCc3ccc(Cl)cc3Cl)cc2)C1=O. The van der Waals surface area contributed by atoms with Crippen molar-refractivity contribution >= 4 is 41.1 Å². The second kappa shape index (κ2) is 11.9. The second-order valence-electron chi connectivity index (χ2n) is 8.09. The van der Waals surface area contributed by atoms with E-state index in [9.17, 15) is 14.9 Å². The Morgan fingerprint density at radius 1 is 1.03 bits per heavy atom. The first-order valence-electron chi connectivity index (χ1n) is 11.2. The maximum Gasteiger partial charge on any atom is 0.271 e. The van der Waals surface area contributed by atoms with Gasteiger partial charge >= 0.3 is 0 Å². The molecule has 5 nitrogen and oxygen atoms in total. The third-order valence-corrected chi connectivity index (χ3v) is 6.25. The molecule has 1 aliphatic heterocycles. The Morgan fingerprint density at radius 2 is 1.76 bits per heavy atom. The molecule has 0 N–H and O–H groups in total. The van der Waals surface area contributed by atoms with E-state index in [1.165, 1.54) is 4.90 Å². The number of nitriles is 1. The van der Waals surface area contributed by atoms with Crippen LogP contribution in [-0.2, 0) is 16.2 Å². The molecule has 2 aromatic rings. The van der Waals surface area contributed by atoms with E-state index < -0.39 is 5.91 Å². The summed E-state index contributed by atoms with van der Waals surface area (Å²) in [6.45, 7) is 4.34. The summed E-state index contributed by atoms with van der Waals surface area (Å²) in [5, 5.41) is 10.6. The summed E-state index contributed by atoms with van der Waals surface area (Å²) in [5.74, 6) is -0.236. The number of nitrogens with zero attached hydrogens (tertiary/aromatic N) is 2. The first-order chi connectivity index (χ1) is 16.3. The largest absolute Gasteiger partial charge is 0.489 e. The van der Waals surface area contributed by atoms with E-state index in [0.717, 1.165) is 36.8 Å². The van der Waals surface area contributed by atoms with Gasteiger partial charge in [0.15, 0.2) is 0 Å². The third-order valence-electron chi connectivity index (χ3n) is 5.66. The summed E-state index contributed by atoms with van der Waals surface area (Å²) in [6.07, 6.45) is 5.46. The van der Waals surface area contributed by atoms with Crippen LogP contribution in [0.1, 0.15) is 50.7 Å². The third kappa shape index (κ3) is 6.08. The van der Waals surface area contributed by atoms with Crippen LogP contribution < -0.4 is 4.74 Å². The zero-order valence-corrected chi connectivity index (χ0v) is 20.7. The molecule has 0 fully saturated rings. The highest BCUT2D eigenvalue weighted by atomic mass is 35.5. The van der Waals surface area contributed by atoms with Gasteiger partial charge in [-0.2, -0.15) is 5.26 Å². The number of carbonyl (C=O) groups excluding carboxylic acids is 2. The molecule has 1 heterocycles. The average molecular weight is 497 g/mol. The van der Waals surface area contributed by atoms with Crippen LogP contribution in [0.2, 0.25) is 10.0 Å². The highest BCUT2D eigenvalue weighted by Crippen LogP contribution is 2.28. The van der Waals surface area contributed by atoms with Gasteiger partial charge in [0.2, 0.25) is 0 Å². The molecule has 0 aromatic heterocycles. The summed E-state index contributed by atoms with van der Waals surface area (Å²) < 4.78 is 5.81. The summed E-state index contributed by atoms with van der Waals surface area (Å²) in [7, 11) is 0. The first kappa shape index (κ1) is 25.6. The quantitative estimate of drug-likeness (QED) is 0.218. The van der Waals surface area contributed by atoms with Crippen molar-refractivity contribution in [2.24, 2.45) is 0 Å². The predicted molar refractivity (Wildman–Crippen MR) is 134 cm³/mol. The lowest BCUT2D eigenvalue weighted by molar-refractivity contribution is -0.140. The fourth-order valence-electron chi connectivity index (χ4n) is 3.66. The molecule has 7 heteroatoms. The lowest BCUT2D eigenvalue weighted by atomic mass is 9.93. The van der Waals surface area contributed by atoms with Crippen LogP contribution in [0.4, 0.5) is 0 Å². The fourth-order valence-corrected chi connectivity index (χ4v) is 4.12. The van der Waals surface area contributed by atoms with Crippen molar-refractivity contribution < 1.29 is 14.3 Å². The van der Waals surface area contributed by atoms with Crippen molar-refractivity contribution in [2.45, 2.75) is 46.1 Å². The molecule has 2 aromatic carbocycles. The van der Waals surface area contributed by atoms with Gasteiger partial charge in [0.05, 0.1) is 0 Å². The molecule has 0 saturated heterocycles. The molecule has 0 atom stereocenters. The summed E-state index contributed by atoms with van der Waals surface area (Å²) in [4.78, 5) is 27.0. The monoisotopic (exact) mass is 496 g/mol. The molecule has 0 bridgehead atoms. The summed E-state index contributed by atoms with van der Waals surface area (Å²) in [5.41, 5.74) is 2.35. The predicted octanol–water partition coefficient (Wildman–Crippen LogP) is 6.74. The molecule has 0 saturated carbocycles. The van der Waals surface area contributed by atoms with Crippen molar-refractivity contribution in [2.75, 3.05) is 6.54 Å². The number of unbranched alkanes of at least 4 members (excludes halogenated alkanes) is 3. The maximum absolute atomic E-state index is 13.1. The number of halogens is 2. The van der Waals surface area contributed by atoms with Gasteiger partial charge < -0.3 is 4.74 Å². The van der Waals surface area contributed by atoms with E-state index in [2.05, 4.69) is 6.92 Å². The Kier molecular flexibility index (Phi) is 8.92. The lowest BCUT2D eigenvalue weighted by Gasteiger charge is -2.27. The van der Waals surface area contributed by atoms with Crippen molar-refractivity contribution in [3.8, 4) is 11.8 Å². The van der Waals surface area contributed by atoms with Crippen molar-refractivity contribution in [3.05, 3.63) is 80.4 Å². The minimum atomic E-state index is -0.511. The van der Waals surface area contributed by atoms with Crippen LogP contribution in [0.25, 0.3) is 6.08 Å². The van der Waals surface area contributed by atoms with E-state index in [0.29, 0.717) is 33.5 Å². The van der Waals surface area contributed by atoms with E-state index >= 15 is 0 Å². The summed E-state index contributed by atoms with van der Waals surface area (Å²) >= 11 is 12.1. The lowest BCUT2D eigenvalue weighted by Crippen LogP contribution is -2.43. The number of ether oxygens (including phenoxy) is 1. The van der Waals surface area contributed by atoms with Crippen LogP contribution in [0.3, 0.4) is 0 Å².